The summed E-state index contributed by atoms with van der Waals surface area (Å²) in [6.45, 7) is 0. The number of rotatable bonds is 10. The van der Waals surface area contributed by atoms with Crippen LogP contribution in [0.1, 0.15) is 35.4 Å². The predicted molar refractivity (Wildman–Crippen MR) is 158 cm³/mol. The van der Waals surface area contributed by atoms with Gasteiger partial charge in [-0.2, -0.15) is 0 Å². The number of anilines is 1. The fourth-order valence-corrected chi connectivity index (χ4v) is 6.83. The number of ether oxygens (including phenoxy) is 1. The molecule has 4 aromatic carbocycles. The summed E-state index contributed by atoms with van der Waals surface area (Å²) in [7, 11) is -3.98. The fourth-order valence-electron chi connectivity index (χ4n) is 5.78. The van der Waals surface area contributed by atoms with Crippen LogP contribution in [0.4, 0.5) is 10.1 Å². The second-order valence-corrected chi connectivity index (χ2v) is 12.7. The van der Waals surface area contributed by atoms with Crippen LogP contribution in [0.3, 0.4) is 0 Å². The zero-order valence-corrected chi connectivity index (χ0v) is 23.6. The van der Waals surface area contributed by atoms with E-state index >= 15 is 0 Å². The van der Waals surface area contributed by atoms with E-state index in [2.05, 4.69) is 4.72 Å². The topological polar surface area (TPSA) is 92.7 Å². The molecule has 0 saturated heterocycles. The number of hydrogen-bond acceptors (Lipinski definition) is 5. The fraction of sp³-hybridized carbons (Fsp3) is 0.206. The van der Waals surface area contributed by atoms with Gasteiger partial charge in [-0.25, -0.2) is 17.6 Å². The molecule has 1 fully saturated rings. The Morgan fingerprint density at radius 2 is 1.45 bits per heavy atom. The Morgan fingerprint density at radius 1 is 0.857 bits per heavy atom. The van der Waals surface area contributed by atoms with Gasteiger partial charge in [0.1, 0.15) is 11.6 Å². The minimum atomic E-state index is -3.98. The maximum atomic E-state index is 13.7. The van der Waals surface area contributed by atoms with Crippen molar-refractivity contribution in [1.82, 2.24) is 0 Å². The number of cyclic esters (lactones) is 1. The van der Waals surface area contributed by atoms with Crippen molar-refractivity contribution in [3.8, 4) is 0 Å². The molecular formula is C34H30FNO5S. The molecule has 4 aromatic rings. The van der Waals surface area contributed by atoms with E-state index in [1.54, 1.807) is 18.2 Å². The smallest absolute Gasteiger partial charge is 0.339 e. The lowest BCUT2D eigenvalue weighted by atomic mass is 9.81. The van der Waals surface area contributed by atoms with Crippen LogP contribution in [-0.2, 0) is 32.4 Å². The average molecular weight is 584 g/mol. The second-order valence-electron chi connectivity index (χ2n) is 11.0. The highest BCUT2D eigenvalue weighted by Crippen LogP contribution is 2.52. The molecule has 2 N–H and O–H groups in total. The average Bonchev–Trinajstić information content (AvgIpc) is 3.78. The van der Waals surface area contributed by atoms with Crippen molar-refractivity contribution in [2.45, 2.75) is 42.1 Å². The molecule has 0 spiro atoms. The first-order chi connectivity index (χ1) is 20.2. The highest BCUT2D eigenvalue weighted by molar-refractivity contribution is 7.92. The molecule has 1 saturated carbocycles. The Hall–Kier alpha value is -4.43. The molecule has 1 aliphatic heterocycles. The van der Waals surface area contributed by atoms with E-state index < -0.39 is 33.3 Å². The van der Waals surface area contributed by atoms with E-state index in [4.69, 9.17) is 4.74 Å². The van der Waals surface area contributed by atoms with Gasteiger partial charge in [-0.1, -0.05) is 72.8 Å². The number of esters is 1. The van der Waals surface area contributed by atoms with Gasteiger partial charge < -0.3 is 9.84 Å². The predicted octanol–water partition coefficient (Wildman–Crippen LogP) is 6.71. The molecule has 6 nitrogen and oxygen atoms in total. The van der Waals surface area contributed by atoms with Crippen LogP contribution in [0.25, 0.3) is 0 Å². The summed E-state index contributed by atoms with van der Waals surface area (Å²) >= 11 is 0. The zero-order chi connectivity index (χ0) is 29.3. The van der Waals surface area contributed by atoms with Crippen LogP contribution in [0.15, 0.2) is 125 Å². The third-order valence-electron chi connectivity index (χ3n) is 7.89. The summed E-state index contributed by atoms with van der Waals surface area (Å²) in [5.74, 6) is -1.54. The van der Waals surface area contributed by atoms with Crippen molar-refractivity contribution in [3.05, 3.63) is 143 Å². The molecule has 1 atom stereocenters. The molecular weight excluding hydrogens is 553 g/mol. The number of nitrogens with one attached hydrogen (secondary N) is 1. The van der Waals surface area contributed by atoms with Crippen molar-refractivity contribution in [3.63, 3.8) is 0 Å². The Balaban J connectivity index is 1.38. The standard InChI is InChI=1S/C34H30FNO5S/c35-27-16-18-29(19-17-27)42(39,40)36-28-13-7-12-26(20-28)30(25-14-15-25)31-32(37)34(41-33(31)38,21-23-8-3-1-4-9-23)22-24-10-5-2-6-11-24/h1-13,16-20,25,30,36-37H,14-15,21-22H2. The highest BCUT2D eigenvalue weighted by Gasteiger charge is 2.52. The van der Waals surface area contributed by atoms with Gasteiger partial charge in [-0.05, 0) is 71.8 Å². The maximum Gasteiger partial charge on any atom is 0.339 e. The summed E-state index contributed by atoms with van der Waals surface area (Å²) in [6.07, 6.45) is 2.34. The summed E-state index contributed by atoms with van der Waals surface area (Å²) in [4.78, 5) is 13.6. The minimum absolute atomic E-state index is 0.0700. The molecule has 1 heterocycles. The Morgan fingerprint density at radius 3 is 2.02 bits per heavy atom. The molecule has 1 unspecified atom stereocenters. The largest absolute Gasteiger partial charge is 0.507 e. The Bertz CT molecular complexity index is 1690. The van der Waals surface area contributed by atoms with E-state index in [0.717, 1.165) is 36.1 Å². The van der Waals surface area contributed by atoms with Crippen molar-refractivity contribution in [2.24, 2.45) is 5.92 Å². The minimum Gasteiger partial charge on any atom is -0.507 e. The van der Waals surface area contributed by atoms with Gasteiger partial charge in [0.2, 0.25) is 0 Å². The molecule has 0 aromatic heterocycles. The van der Waals surface area contributed by atoms with Crippen LogP contribution >= 0.6 is 0 Å². The number of benzene rings is 4. The van der Waals surface area contributed by atoms with E-state index in [1.807, 2.05) is 66.7 Å². The molecule has 2 aliphatic rings. The lowest BCUT2D eigenvalue weighted by Gasteiger charge is -2.29. The number of hydrogen-bond donors (Lipinski definition) is 2. The van der Waals surface area contributed by atoms with Gasteiger partial charge in [0.05, 0.1) is 10.5 Å². The van der Waals surface area contributed by atoms with Crippen molar-refractivity contribution < 1.29 is 27.4 Å². The monoisotopic (exact) mass is 583 g/mol. The first-order valence-corrected chi connectivity index (χ1v) is 15.4. The number of carbonyl (C=O) groups is 1. The van der Waals surface area contributed by atoms with Crippen molar-refractivity contribution in [2.75, 3.05) is 4.72 Å². The number of halogens is 1. The summed E-state index contributed by atoms with van der Waals surface area (Å²) < 4.78 is 48.0. The van der Waals surface area contributed by atoms with Crippen molar-refractivity contribution >= 4 is 21.7 Å². The zero-order valence-electron chi connectivity index (χ0n) is 22.7. The van der Waals surface area contributed by atoms with E-state index in [9.17, 15) is 22.7 Å². The first-order valence-electron chi connectivity index (χ1n) is 13.9. The number of aliphatic hydroxyl groups is 1. The Kier molecular flexibility index (Phi) is 7.33. The van der Waals surface area contributed by atoms with Gasteiger partial charge in [-0.3, -0.25) is 4.72 Å². The van der Waals surface area contributed by atoms with E-state index in [0.29, 0.717) is 24.1 Å². The maximum absolute atomic E-state index is 13.7. The molecule has 0 bridgehead atoms. The summed E-state index contributed by atoms with van der Waals surface area (Å²) in [6, 6.07) is 30.7. The molecule has 214 valence electrons. The van der Waals surface area contributed by atoms with Crippen LogP contribution in [0, 0.1) is 11.7 Å². The molecule has 6 rings (SSSR count). The number of aliphatic hydroxyl groups excluding tert-OH is 1. The molecule has 1 aliphatic carbocycles. The third-order valence-corrected chi connectivity index (χ3v) is 9.28. The third kappa shape index (κ3) is 5.67. The van der Waals surface area contributed by atoms with Gasteiger partial charge >= 0.3 is 5.97 Å². The lowest BCUT2D eigenvalue weighted by Crippen LogP contribution is -2.37. The second kappa shape index (κ2) is 11.1. The van der Waals surface area contributed by atoms with Gasteiger partial charge in [0, 0.05) is 24.4 Å². The van der Waals surface area contributed by atoms with Crippen LogP contribution in [-0.4, -0.2) is 25.1 Å². The first kappa shape index (κ1) is 27.7. The number of carbonyl (C=O) groups excluding carboxylic acids is 1. The quantitative estimate of drug-likeness (QED) is 0.202. The summed E-state index contributed by atoms with van der Waals surface area (Å²) in [5.41, 5.74) is 1.80. The van der Waals surface area contributed by atoms with Crippen LogP contribution in [0.5, 0.6) is 0 Å². The summed E-state index contributed by atoms with van der Waals surface area (Å²) in [5, 5.41) is 11.9. The van der Waals surface area contributed by atoms with Crippen molar-refractivity contribution in [1.29, 1.82) is 0 Å². The van der Waals surface area contributed by atoms with E-state index in [1.165, 1.54) is 12.1 Å². The normalized spacial score (nSPS) is 17.1. The van der Waals surface area contributed by atoms with Crippen LogP contribution < -0.4 is 4.72 Å². The molecule has 42 heavy (non-hydrogen) atoms. The lowest BCUT2D eigenvalue weighted by molar-refractivity contribution is -0.148. The number of sulfonamides is 1. The highest BCUT2D eigenvalue weighted by atomic mass is 32.2. The SMILES string of the molecule is O=C1OC(Cc2ccccc2)(Cc2ccccc2)C(O)=C1C(c1cccc(NS(=O)(=O)c2ccc(F)cc2)c1)C1CC1. The van der Waals surface area contributed by atoms with Gasteiger partial charge in [0.15, 0.2) is 5.60 Å². The molecule has 0 radical (unpaired) electrons. The van der Waals surface area contributed by atoms with Gasteiger partial charge in [0.25, 0.3) is 10.0 Å². The molecule has 0 amide bonds. The van der Waals surface area contributed by atoms with Gasteiger partial charge in [-0.15, -0.1) is 0 Å². The Labute approximate surface area is 244 Å². The molecule has 8 heteroatoms. The van der Waals surface area contributed by atoms with Crippen LogP contribution in [0.2, 0.25) is 0 Å². The van der Waals surface area contributed by atoms with E-state index in [-0.39, 0.29) is 22.1 Å².